The number of carbonyl (C=O) groups excluding carboxylic acids is 2. The summed E-state index contributed by atoms with van der Waals surface area (Å²) in [6.45, 7) is 3.62. The van der Waals surface area contributed by atoms with Crippen LogP contribution in [0.5, 0.6) is 5.75 Å². The normalized spacial score (nSPS) is 11.9. The van der Waals surface area contributed by atoms with Gasteiger partial charge < -0.3 is 15.0 Å². The van der Waals surface area contributed by atoms with Crippen molar-refractivity contribution in [1.82, 2.24) is 10.2 Å². The van der Waals surface area contributed by atoms with Crippen molar-refractivity contribution in [2.45, 2.75) is 45.7 Å². The van der Waals surface area contributed by atoms with Crippen molar-refractivity contribution < 1.29 is 27.7 Å². The predicted octanol–water partition coefficient (Wildman–Crippen LogP) is 3.09. The Kier molecular flexibility index (Phi) is 10.9. The molecule has 37 heavy (non-hydrogen) atoms. The number of ether oxygens (including phenoxy) is 1. The van der Waals surface area contributed by atoms with E-state index in [1.807, 2.05) is 13.0 Å². The molecule has 0 bridgehead atoms. The Bertz CT molecular complexity index is 1190. The van der Waals surface area contributed by atoms with E-state index in [0.717, 1.165) is 35.0 Å². The summed E-state index contributed by atoms with van der Waals surface area (Å²) in [5.74, 6) is -0.929. The van der Waals surface area contributed by atoms with Crippen LogP contribution in [0.4, 0.5) is 11.4 Å². The number of methoxy groups -OCH3 is 1. The number of rotatable bonds is 14. The Morgan fingerprint density at radius 3 is 2.35 bits per heavy atom. The zero-order chi connectivity index (χ0) is 27.6. The Balaban J connectivity index is 2.50. The van der Waals surface area contributed by atoms with E-state index in [9.17, 15) is 28.1 Å². The predicted molar refractivity (Wildman–Crippen MR) is 141 cm³/mol. The molecule has 11 nitrogen and oxygen atoms in total. The molecule has 202 valence electrons. The SMILES string of the molecule is CCCCNC(=O)C(CC)N(Cc1ccccc1)C(=O)CN(c1cc([N+](=O)[O-])ccc1OC)S(C)(=O)=O. The number of nitro benzene ring substituents is 1. The summed E-state index contributed by atoms with van der Waals surface area (Å²) in [6.07, 6.45) is 2.87. The van der Waals surface area contributed by atoms with Gasteiger partial charge in [-0.2, -0.15) is 0 Å². The molecule has 0 aromatic heterocycles. The van der Waals surface area contributed by atoms with Crippen LogP contribution in [0, 0.1) is 10.1 Å². The molecule has 2 aromatic rings. The van der Waals surface area contributed by atoms with Gasteiger partial charge in [0.1, 0.15) is 24.0 Å². The minimum Gasteiger partial charge on any atom is -0.495 e. The highest BCUT2D eigenvalue weighted by Gasteiger charge is 2.33. The summed E-state index contributed by atoms with van der Waals surface area (Å²) in [7, 11) is -2.79. The molecule has 2 amide bonds. The van der Waals surface area contributed by atoms with Gasteiger partial charge in [0, 0.05) is 25.2 Å². The third-order valence-electron chi connectivity index (χ3n) is 5.73. The summed E-state index contributed by atoms with van der Waals surface area (Å²) in [6, 6.07) is 11.7. The molecule has 0 radical (unpaired) electrons. The zero-order valence-corrected chi connectivity index (χ0v) is 22.4. The van der Waals surface area contributed by atoms with Crippen molar-refractivity contribution in [2.24, 2.45) is 0 Å². The summed E-state index contributed by atoms with van der Waals surface area (Å²) in [4.78, 5) is 38.7. The van der Waals surface area contributed by atoms with E-state index in [4.69, 9.17) is 4.74 Å². The molecule has 0 aliphatic carbocycles. The van der Waals surface area contributed by atoms with Crippen molar-refractivity contribution in [2.75, 3.05) is 30.8 Å². The van der Waals surface area contributed by atoms with E-state index in [-0.39, 0.29) is 29.6 Å². The molecule has 0 saturated carbocycles. The van der Waals surface area contributed by atoms with Crippen molar-refractivity contribution in [3.05, 3.63) is 64.2 Å². The van der Waals surface area contributed by atoms with Crippen LogP contribution in [-0.4, -0.2) is 62.6 Å². The van der Waals surface area contributed by atoms with E-state index in [0.29, 0.717) is 13.0 Å². The number of carbonyl (C=O) groups is 2. The molecule has 1 N–H and O–H groups in total. The van der Waals surface area contributed by atoms with Crippen LogP contribution < -0.4 is 14.4 Å². The van der Waals surface area contributed by atoms with E-state index in [1.54, 1.807) is 31.2 Å². The third kappa shape index (κ3) is 8.17. The van der Waals surface area contributed by atoms with E-state index in [1.165, 1.54) is 24.1 Å². The van der Waals surface area contributed by atoms with Gasteiger partial charge in [-0.1, -0.05) is 50.6 Å². The lowest BCUT2D eigenvalue weighted by Gasteiger charge is -2.33. The fourth-order valence-electron chi connectivity index (χ4n) is 3.79. The smallest absolute Gasteiger partial charge is 0.271 e. The fraction of sp³-hybridized carbons (Fsp3) is 0.440. The molecule has 0 saturated heterocycles. The van der Waals surface area contributed by atoms with Gasteiger partial charge >= 0.3 is 0 Å². The maximum absolute atomic E-state index is 13.7. The molecule has 2 aromatic carbocycles. The minimum atomic E-state index is -4.08. The van der Waals surface area contributed by atoms with Crippen LogP contribution in [0.1, 0.15) is 38.7 Å². The van der Waals surface area contributed by atoms with Gasteiger partial charge in [-0.3, -0.25) is 24.0 Å². The van der Waals surface area contributed by atoms with Crippen LogP contribution in [0.3, 0.4) is 0 Å². The van der Waals surface area contributed by atoms with E-state index in [2.05, 4.69) is 5.32 Å². The summed E-state index contributed by atoms with van der Waals surface area (Å²) in [5.41, 5.74) is 0.252. The second-order valence-corrected chi connectivity index (χ2v) is 10.4. The van der Waals surface area contributed by atoms with E-state index < -0.39 is 33.4 Å². The molecule has 2 rings (SSSR count). The first-order valence-corrected chi connectivity index (χ1v) is 13.8. The van der Waals surface area contributed by atoms with Gasteiger partial charge in [0.15, 0.2) is 0 Å². The summed E-state index contributed by atoms with van der Waals surface area (Å²) >= 11 is 0. The highest BCUT2D eigenvalue weighted by atomic mass is 32.2. The number of benzene rings is 2. The average Bonchev–Trinajstić information content (AvgIpc) is 2.86. The second kappa shape index (κ2) is 13.6. The van der Waals surface area contributed by atoms with Crippen molar-refractivity contribution in [3.63, 3.8) is 0 Å². The molecular formula is C25H34N4O7S. The first-order chi connectivity index (χ1) is 17.5. The number of anilines is 1. The highest BCUT2D eigenvalue weighted by Crippen LogP contribution is 2.34. The van der Waals surface area contributed by atoms with Crippen LogP contribution in [0.15, 0.2) is 48.5 Å². The van der Waals surface area contributed by atoms with Gasteiger partial charge in [-0.05, 0) is 24.5 Å². The van der Waals surface area contributed by atoms with Crippen molar-refractivity contribution in [3.8, 4) is 5.75 Å². The first kappa shape index (κ1) is 29.6. The number of sulfonamides is 1. The highest BCUT2D eigenvalue weighted by molar-refractivity contribution is 7.92. The lowest BCUT2D eigenvalue weighted by molar-refractivity contribution is -0.384. The lowest BCUT2D eigenvalue weighted by atomic mass is 10.1. The van der Waals surface area contributed by atoms with E-state index >= 15 is 0 Å². The molecular weight excluding hydrogens is 500 g/mol. The molecule has 1 unspecified atom stereocenters. The number of nitro groups is 1. The van der Waals surface area contributed by atoms with Crippen LogP contribution in [-0.2, 0) is 26.2 Å². The number of non-ortho nitro benzene ring substituents is 1. The molecule has 0 aliphatic rings. The standard InChI is InChI=1S/C25H34N4O7S/c1-5-7-15-26-25(31)21(6-2)27(17-19-11-9-8-10-12-19)24(30)18-28(37(4,34)35)22-16-20(29(32)33)13-14-23(22)36-3/h8-14,16,21H,5-7,15,17-18H2,1-4H3,(H,26,31). The zero-order valence-electron chi connectivity index (χ0n) is 21.5. The lowest BCUT2D eigenvalue weighted by Crippen LogP contribution is -2.52. The molecule has 0 aliphatic heterocycles. The topological polar surface area (TPSA) is 139 Å². The van der Waals surface area contributed by atoms with Gasteiger partial charge in [-0.15, -0.1) is 0 Å². The Labute approximate surface area is 217 Å². The maximum Gasteiger partial charge on any atom is 0.271 e. The van der Waals surface area contributed by atoms with Crippen molar-refractivity contribution >= 4 is 33.2 Å². The third-order valence-corrected chi connectivity index (χ3v) is 6.86. The van der Waals surface area contributed by atoms with Gasteiger partial charge in [0.05, 0.1) is 18.3 Å². The Morgan fingerprint density at radius 2 is 1.81 bits per heavy atom. The number of amides is 2. The molecule has 0 fully saturated rings. The minimum absolute atomic E-state index is 0.0442. The molecule has 12 heteroatoms. The molecule has 0 spiro atoms. The number of unbranched alkanes of at least 4 members (excludes halogenated alkanes) is 1. The van der Waals surface area contributed by atoms with Crippen molar-refractivity contribution in [1.29, 1.82) is 0 Å². The molecule has 0 heterocycles. The van der Waals surface area contributed by atoms with Gasteiger partial charge in [0.25, 0.3) is 5.69 Å². The number of nitrogens with one attached hydrogen (secondary N) is 1. The maximum atomic E-state index is 13.7. The van der Waals surface area contributed by atoms with Crippen LogP contribution >= 0.6 is 0 Å². The number of hydrogen-bond donors (Lipinski definition) is 1. The fourth-order valence-corrected chi connectivity index (χ4v) is 4.63. The van der Waals surface area contributed by atoms with Crippen LogP contribution in [0.25, 0.3) is 0 Å². The van der Waals surface area contributed by atoms with Gasteiger partial charge in [-0.25, -0.2) is 8.42 Å². The Hall–Kier alpha value is -3.67. The second-order valence-electron chi connectivity index (χ2n) is 8.46. The monoisotopic (exact) mass is 534 g/mol. The largest absolute Gasteiger partial charge is 0.495 e. The quantitative estimate of drug-likeness (QED) is 0.223. The van der Waals surface area contributed by atoms with Crippen LogP contribution in [0.2, 0.25) is 0 Å². The Morgan fingerprint density at radius 1 is 1.14 bits per heavy atom. The van der Waals surface area contributed by atoms with Gasteiger partial charge in [0.2, 0.25) is 21.8 Å². The summed E-state index contributed by atoms with van der Waals surface area (Å²) < 4.78 is 31.6. The number of nitrogens with zero attached hydrogens (tertiary/aromatic N) is 3. The summed E-state index contributed by atoms with van der Waals surface area (Å²) in [5, 5.41) is 14.2. The average molecular weight is 535 g/mol. The number of hydrogen-bond acceptors (Lipinski definition) is 7. The molecule has 1 atom stereocenters. The first-order valence-electron chi connectivity index (χ1n) is 11.9.